The van der Waals surface area contributed by atoms with Crippen LogP contribution >= 0.6 is 0 Å². The highest BCUT2D eigenvalue weighted by Crippen LogP contribution is 2.44. The molecule has 122 valence electrons. The Bertz CT molecular complexity index is 714. The molecule has 1 heterocycles. The second kappa shape index (κ2) is 5.53. The zero-order chi connectivity index (χ0) is 17.6. The fourth-order valence-electron chi connectivity index (χ4n) is 3.10. The number of anilines is 1. The summed E-state index contributed by atoms with van der Waals surface area (Å²) in [5.74, 6) is -0.120. The summed E-state index contributed by atoms with van der Waals surface area (Å²) in [5.41, 5.74) is 3.10. The molecular weight excluding hydrogens is 284 g/mol. The Balaban J connectivity index is 2.49. The molecule has 2 rings (SSSR count). The van der Waals surface area contributed by atoms with Crippen LogP contribution in [-0.2, 0) is 10.2 Å². The second-order valence-electron chi connectivity index (χ2n) is 8.03. The van der Waals surface area contributed by atoms with Crippen LogP contribution in [0.15, 0.2) is 23.8 Å². The third-order valence-electron chi connectivity index (χ3n) is 5.08. The molecule has 23 heavy (non-hydrogen) atoms. The first kappa shape index (κ1) is 17.3. The van der Waals surface area contributed by atoms with Gasteiger partial charge in [-0.15, -0.1) is 0 Å². The van der Waals surface area contributed by atoms with Crippen LogP contribution in [-0.4, -0.2) is 18.9 Å². The van der Waals surface area contributed by atoms with E-state index in [9.17, 15) is 10.1 Å². The summed E-state index contributed by atoms with van der Waals surface area (Å²) < 4.78 is 0. The highest BCUT2D eigenvalue weighted by atomic mass is 16.1. The van der Waals surface area contributed by atoms with Crippen molar-refractivity contribution >= 4 is 17.5 Å². The topological polar surface area (TPSA) is 44.1 Å². The number of likely N-dealkylation sites (N-methyl/N-ethyl adjacent to an activating group) is 1. The van der Waals surface area contributed by atoms with Crippen molar-refractivity contribution in [1.82, 2.24) is 0 Å². The molecule has 1 atom stereocenters. The number of rotatable bonds is 2. The van der Waals surface area contributed by atoms with Crippen LogP contribution in [0.2, 0.25) is 0 Å². The molecule has 1 aliphatic rings. The smallest absolute Gasteiger partial charge is 0.178 e. The number of fused-ring (bicyclic) bond motifs is 1. The normalized spacial score (nSPS) is 20.2. The third kappa shape index (κ3) is 2.91. The molecule has 0 saturated heterocycles. The summed E-state index contributed by atoms with van der Waals surface area (Å²) in [6, 6.07) is 8.65. The molecule has 0 amide bonds. The van der Waals surface area contributed by atoms with E-state index in [1.807, 2.05) is 26.8 Å². The SMILES string of the molecule is CC1N(C)c2ccc(C=C(C#N)C(=O)C(C)(C)C)cc2C1(C)C. The van der Waals surface area contributed by atoms with Gasteiger partial charge in [0.15, 0.2) is 5.78 Å². The van der Waals surface area contributed by atoms with E-state index < -0.39 is 5.41 Å². The number of nitrogens with zero attached hydrogens (tertiary/aromatic N) is 2. The minimum absolute atomic E-state index is 0.0365. The average molecular weight is 310 g/mol. The maximum Gasteiger partial charge on any atom is 0.178 e. The number of Topliss-reactive ketones (excluding diaryl/α,β-unsaturated/α-hetero) is 1. The molecule has 1 aromatic carbocycles. The van der Waals surface area contributed by atoms with Crippen molar-refractivity contribution in [2.24, 2.45) is 5.41 Å². The number of nitriles is 1. The van der Waals surface area contributed by atoms with Crippen LogP contribution in [0, 0.1) is 16.7 Å². The monoisotopic (exact) mass is 310 g/mol. The largest absolute Gasteiger partial charge is 0.371 e. The van der Waals surface area contributed by atoms with Gasteiger partial charge in [-0.3, -0.25) is 4.79 Å². The molecule has 0 bridgehead atoms. The fraction of sp³-hybridized carbons (Fsp3) is 0.500. The predicted octanol–water partition coefficient (Wildman–Crippen LogP) is 4.32. The third-order valence-corrected chi connectivity index (χ3v) is 5.08. The molecule has 3 nitrogen and oxygen atoms in total. The standard InChI is InChI=1S/C20H26N2O/c1-13-20(5,6)16-11-14(8-9-17(16)22(13)7)10-15(12-21)18(23)19(2,3)4/h8-11,13H,1-7H3. The quantitative estimate of drug-likeness (QED) is 0.603. The minimum Gasteiger partial charge on any atom is -0.371 e. The Kier molecular flexibility index (Phi) is 4.15. The van der Waals surface area contributed by atoms with E-state index in [1.165, 1.54) is 11.3 Å². The van der Waals surface area contributed by atoms with E-state index >= 15 is 0 Å². The van der Waals surface area contributed by atoms with Crippen LogP contribution in [0.5, 0.6) is 0 Å². The number of hydrogen-bond donors (Lipinski definition) is 0. The second-order valence-corrected chi connectivity index (χ2v) is 8.03. The van der Waals surface area contributed by atoms with Gasteiger partial charge in [-0.1, -0.05) is 40.7 Å². The number of carbonyl (C=O) groups excluding carboxylic acids is 1. The van der Waals surface area contributed by atoms with E-state index in [0.29, 0.717) is 6.04 Å². The number of allylic oxidation sites excluding steroid dienone is 1. The fourth-order valence-corrected chi connectivity index (χ4v) is 3.10. The number of benzene rings is 1. The highest BCUT2D eigenvalue weighted by Gasteiger charge is 2.40. The predicted molar refractivity (Wildman–Crippen MR) is 95.4 cm³/mol. The van der Waals surface area contributed by atoms with E-state index in [0.717, 1.165) is 5.56 Å². The molecule has 0 aliphatic carbocycles. The lowest BCUT2D eigenvalue weighted by Crippen LogP contribution is -2.36. The van der Waals surface area contributed by atoms with Gasteiger partial charge in [0, 0.05) is 29.6 Å². The molecule has 0 aromatic heterocycles. The first-order valence-corrected chi connectivity index (χ1v) is 8.04. The first-order chi connectivity index (χ1) is 10.5. The van der Waals surface area contributed by atoms with Gasteiger partial charge < -0.3 is 4.90 Å². The van der Waals surface area contributed by atoms with Gasteiger partial charge in [-0.2, -0.15) is 5.26 Å². The Hall–Kier alpha value is -2.08. The molecule has 1 aromatic rings. The molecule has 0 N–H and O–H groups in total. The van der Waals surface area contributed by atoms with Crippen molar-refractivity contribution < 1.29 is 4.79 Å². The minimum atomic E-state index is -0.549. The lowest BCUT2D eigenvalue weighted by molar-refractivity contribution is -0.121. The van der Waals surface area contributed by atoms with E-state index in [1.54, 1.807) is 6.08 Å². The van der Waals surface area contributed by atoms with E-state index in [-0.39, 0.29) is 16.8 Å². The summed E-state index contributed by atoms with van der Waals surface area (Å²) in [6.07, 6.45) is 1.72. The molecule has 1 aliphatic heterocycles. The van der Waals surface area contributed by atoms with Crippen molar-refractivity contribution in [3.63, 3.8) is 0 Å². The van der Waals surface area contributed by atoms with Gasteiger partial charge >= 0.3 is 0 Å². The summed E-state index contributed by atoms with van der Waals surface area (Å²) >= 11 is 0. The summed E-state index contributed by atoms with van der Waals surface area (Å²) in [6.45, 7) is 12.2. The van der Waals surface area contributed by atoms with Crippen molar-refractivity contribution in [3.8, 4) is 6.07 Å². The number of ketones is 1. The zero-order valence-electron chi connectivity index (χ0n) is 15.2. The van der Waals surface area contributed by atoms with Crippen LogP contribution in [0.3, 0.4) is 0 Å². The van der Waals surface area contributed by atoms with E-state index in [2.05, 4.69) is 50.9 Å². The molecule has 0 saturated carbocycles. The molecule has 0 fully saturated rings. The lowest BCUT2D eigenvalue weighted by atomic mass is 9.80. The molecule has 3 heteroatoms. The maximum atomic E-state index is 12.4. The Morgan fingerprint density at radius 2 is 1.96 bits per heavy atom. The van der Waals surface area contributed by atoms with Crippen molar-refractivity contribution in [2.75, 3.05) is 11.9 Å². The molecule has 0 radical (unpaired) electrons. The van der Waals surface area contributed by atoms with Gasteiger partial charge in [-0.05, 0) is 36.3 Å². The Morgan fingerprint density at radius 1 is 1.35 bits per heavy atom. The Labute approximate surface area is 139 Å². The van der Waals surface area contributed by atoms with Crippen LogP contribution < -0.4 is 4.90 Å². The maximum absolute atomic E-state index is 12.4. The van der Waals surface area contributed by atoms with Crippen LogP contribution in [0.4, 0.5) is 5.69 Å². The molecular formula is C20H26N2O. The highest BCUT2D eigenvalue weighted by molar-refractivity contribution is 6.06. The molecule has 1 unspecified atom stereocenters. The van der Waals surface area contributed by atoms with Crippen molar-refractivity contribution in [2.45, 2.75) is 53.0 Å². The summed E-state index contributed by atoms with van der Waals surface area (Å²) in [5, 5.41) is 9.35. The van der Waals surface area contributed by atoms with E-state index in [4.69, 9.17) is 0 Å². The van der Waals surface area contributed by atoms with Gasteiger partial charge in [0.1, 0.15) is 6.07 Å². The Morgan fingerprint density at radius 3 is 2.48 bits per heavy atom. The first-order valence-electron chi connectivity index (χ1n) is 8.04. The van der Waals surface area contributed by atoms with Gasteiger partial charge in [0.05, 0.1) is 5.57 Å². The summed E-state index contributed by atoms with van der Waals surface area (Å²) in [7, 11) is 2.11. The van der Waals surface area contributed by atoms with Crippen LogP contribution in [0.25, 0.3) is 6.08 Å². The van der Waals surface area contributed by atoms with Gasteiger partial charge in [-0.25, -0.2) is 0 Å². The summed E-state index contributed by atoms with van der Waals surface area (Å²) in [4.78, 5) is 14.7. The van der Waals surface area contributed by atoms with Crippen LogP contribution in [0.1, 0.15) is 52.7 Å². The van der Waals surface area contributed by atoms with Gasteiger partial charge in [0.25, 0.3) is 0 Å². The molecule has 0 spiro atoms. The zero-order valence-corrected chi connectivity index (χ0v) is 15.2. The number of carbonyl (C=O) groups is 1. The van der Waals surface area contributed by atoms with Crippen molar-refractivity contribution in [3.05, 3.63) is 34.9 Å². The lowest BCUT2D eigenvalue weighted by Gasteiger charge is -2.28. The number of hydrogen-bond acceptors (Lipinski definition) is 3. The average Bonchev–Trinajstić information content (AvgIpc) is 2.64. The van der Waals surface area contributed by atoms with Crippen molar-refractivity contribution in [1.29, 1.82) is 5.26 Å². The van der Waals surface area contributed by atoms with Gasteiger partial charge in [0.2, 0.25) is 0 Å².